The molecular formula is C13H15NO2. The smallest absolute Gasteiger partial charge is 0.306 e. The molecule has 1 atom stereocenters. The summed E-state index contributed by atoms with van der Waals surface area (Å²) in [6, 6.07) is 8.15. The van der Waals surface area contributed by atoms with Crippen LogP contribution in [-0.2, 0) is 18.3 Å². The molecule has 3 nitrogen and oxygen atoms in total. The fourth-order valence-electron chi connectivity index (χ4n) is 1.90. The SMILES string of the molecule is CC(Cc1ccc2c(ccn2C)c1)C(=O)O. The van der Waals surface area contributed by atoms with Gasteiger partial charge in [0.1, 0.15) is 0 Å². The first-order chi connectivity index (χ1) is 7.58. The highest BCUT2D eigenvalue weighted by Gasteiger charge is 2.11. The molecule has 1 aromatic carbocycles. The second-order valence-electron chi connectivity index (χ2n) is 4.26. The van der Waals surface area contributed by atoms with Gasteiger partial charge in [0, 0.05) is 18.8 Å². The van der Waals surface area contributed by atoms with Crippen LogP contribution >= 0.6 is 0 Å². The minimum atomic E-state index is -0.742. The molecule has 0 saturated carbocycles. The van der Waals surface area contributed by atoms with Crippen LogP contribution in [0.3, 0.4) is 0 Å². The fraction of sp³-hybridized carbons (Fsp3) is 0.308. The van der Waals surface area contributed by atoms with Crippen molar-refractivity contribution in [3.63, 3.8) is 0 Å². The Morgan fingerprint density at radius 3 is 2.88 bits per heavy atom. The van der Waals surface area contributed by atoms with Crippen molar-refractivity contribution in [3.8, 4) is 0 Å². The Kier molecular flexibility index (Phi) is 2.69. The first kappa shape index (κ1) is 10.7. The molecule has 16 heavy (non-hydrogen) atoms. The van der Waals surface area contributed by atoms with Crippen LogP contribution in [0.25, 0.3) is 10.9 Å². The third kappa shape index (κ3) is 1.94. The number of rotatable bonds is 3. The number of carboxylic acids is 1. The maximum Gasteiger partial charge on any atom is 0.306 e. The van der Waals surface area contributed by atoms with E-state index < -0.39 is 5.97 Å². The van der Waals surface area contributed by atoms with Crippen molar-refractivity contribution in [2.45, 2.75) is 13.3 Å². The van der Waals surface area contributed by atoms with Gasteiger partial charge >= 0.3 is 5.97 Å². The lowest BCUT2D eigenvalue weighted by molar-refractivity contribution is -0.141. The van der Waals surface area contributed by atoms with E-state index in [0.29, 0.717) is 6.42 Å². The molecule has 0 aliphatic heterocycles. The van der Waals surface area contributed by atoms with Crippen LogP contribution in [0, 0.1) is 5.92 Å². The molecule has 0 saturated heterocycles. The lowest BCUT2D eigenvalue weighted by Crippen LogP contribution is -2.12. The predicted octanol–water partition coefficient (Wildman–Crippen LogP) is 2.44. The van der Waals surface area contributed by atoms with Gasteiger partial charge in [-0.25, -0.2) is 0 Å². The second-order valence-corrected chi connectivity index (χ2v) is 4.26. The molecule has 1 heterocycles. The number of carboxylic acid groups (broad SMARTS) is 1. The van der Waals surface area contributed by atoms with E-state index in [0.717, 1.165) is 10.9 Å². The number of benzene rings is 1. The molecule has 0 aliphatic carbocycles. The van der Waals surface area contributed by atoms with Gasteiger partial charge in [0.25, 0.3) is 0 Å². The van der Waals surface area contributed by atoms with E-state index in [9.17, 15) is 4.79 Å². The van der Waals surface area contributed by atoms with Gasteiger partial charge in [-0.15, -0.1) is 0 Å². The van der Waals surface area contributed by atoms with Crippen LogP contribution in [0.15, 0.2) is 30.5 Å². The van der Waals surface area contributed by atoms with Gasteiger partial charge in [-0.2, -0.15) is 0 Å². The van der Waals surface area contributed by atoms with Gasteiger partial charge in [0.05, 0.1) is 5.92 Å². The summed E-state index contributed by atoms with van der Waals surface area (Å²) >= 11 is 0. The summed E-state index contributed by atoms with van der Waals surface area (Å²) in [6.07, 6.45) is 2.59. The van der Waals surface area contributed by atoms with Crippen molar-refractivity contribution in [2.24, 2.45) is 13.0 Å². The normalized spacial score (nSPS) is 12.9. The van der Waals surface area contributed by atoms with Crippen LogP contribution in [0.5, 0.6) is 0 Å². The fourth-order valence-corrected chi connectivity index (χ4v) is 1.90. The zero-order chi connectivity index (χ0) is 11.7. The first-order valence-electron chi connectivity index (χ1n) is 5.34. The minimum Gasteiger partial charge on any atom is -0.481 e. The largest absolute Gasteiger partial charge is 0.481 e. The van der Waals surface area contributed by atoms with Crippen LogP contribution in [0.1, 0.15) is 12.5 Å². The van der Waals surface area contributed by atoms with Crippen LogP contribution < -0.4 is 0 Å². The van der Waals surface area contributed by atoms with E-state index in [1.165, 1.54) is 5.52 Å². The Hall–Kier alpha value is -1.77. The van der Waals surface area contributed by atoms with E-state index in [4.69, 9.17) is 5.11 Å². The molecule has 0 fully saturated rings. The third-order valence-electron chi connectivity index (χ3n) is 2.91. The van der Waals surface area contributed by atoms with Gasteiger partial charge in [0.2, 0.25) is 0 Å². The molecular weight excluding hydrogens is 202 g/mol. The molecule has 1 N–H and O–H groups in total. The van der Waals surface area contributed by atoms with Crippen LogP contribution in [0.4, 0.5) is 0 Å². The lowest BCUT2D eigenvalue weighted by Gasteiger charge is -2.06. The van der Waals surface area contributed by atoms with Gasteiger partial charge < -0.3 is 9.67 Å². The zero-order valence-electron chi connectivity index (χ0n) is 9.47. The van der Waals surface area contributed by atoms with Crippen molar-refractivity contribution in [1.29, 1.82) is 0 Å². The molecule has 84 valence electrons. The molecule has 1 aromatic heterocycles. The Bertz CT molecular complexity index is 528. The summed E-state index contributed by atoms with van der Waals surface area (Å²) in [6.45, 7) is 1.73. The van der Waals surface area contributed by atoms with Crippen molar-refractivity contribution in [3.05, 3.63) is 36.0 Å². The summed E-state index contributed by atoms with van der Waals surface area (Å²) in [4.78, 5) is 10.8. The number of aromatic nitrogens is 1. The zero-order valence-corrected chi connectivity index (χ0v) is 9.47. The molecule has 0 spiro atoms. The summed E-state index contributed by atoms with van der Waals surface area (Å²) in [5.41, 5.74) is 2.25. The number of aryl methyl sites for hydroxylation is 1. The second kappa shape index (κ2) is 4.00. The van der Waals surface area contributed by atoms with Crippen molar-refractivity contribution in [2.75, 3.05) is 0 Å². The van der Waals surface area contributed by atoms with Gasteiger partial charge in [-0.1, -0.05) is 13.0 Å². The van der Waals surface area contributed by atoms with E-state index in [1.807, 2.05) is 31.4 Å². The van der Waals surface area contributed by atoms with E-state index in [2.05, 4.69) is 10.6 Å². The van der Waals surface area contributed by atoms with E-state index in [-0.39, 0.29) is 5.92 Å². The molecule has 1 unspecified atom stereocenters. The molecule has 0 radical (unpaired) electrons. The van der Waals surface area contributed by atoms with Gasteiger partial charge in [0.15, 0.2) is 0 Å². The minimum absolute atomic E-state index is 0.332. The molecule has 0 aliphatic rings. The number of hydrogen-bond acceptors (Lipinski definition) is 1. The van der Waals surface area contributed by atoms with E-state index in [1.54, 1.807) is 6.92 Å². The summed E-state index contributed by atoms with van der Waals surface area (Å²) in [7, 11) is 2.00. The quantitative estimate of drug-likeness (QED) is 0.858. The molecule has 0 amide bonds. The topological polar surface area (TPSA) is 42.2 Å². The summed E-state index contributed by atoms with van der Waals surface area (Å²) in [5, 5.41) is 10.0. The molecule has 3 heteroatoms. The highest BCUT2D eigenvalue weighted by molar-refractivity contribution is 5.81. The van der Waals surface area contributed by atoms with Crippen molar-refractivity contribution < 1.29 is 9.90 Å². The maximum absolute atomic E-state index is 10.8. The Morgan fingerprint density at radius 1 is 1.44 bits per heavy atom. The third-order valence-corrected chi connectivity index (χ3v) is 2.91. The summed E-state index contributed by atoms with van der Waals surface area (Å²) < 4.78 is 2.06. The summed E-state index contributed by atoms with van der Waals surface area (Å²) in [5.74, 6) is -1.07. The van der Waals surface area contributed by atoms with Crippen LogP contribution in [0.2, 0.25) is 0 Å². The monoisotopic (exact) mass is 217 g/mol. The van der Waals surface area contributed by atoms with Crippen LogP contribution in [-0.4, -0.2) is 15.6 Å². The highest BCUT2D eigenvalue weighted by atomic mass is 16.4. The molecule has 2 rings (SSSR count). The number of hydrogen-bond donors (Lipinski definition) is 1. The first-order valence-corrected chi connectivity index (χ1v) is 5.34. The molecule has 2 aromatic rings. The Morgan fingerprint density at radius 2 is 2.19 bits per heavy atom. The van der Waals surface area contributed by atoms with Crippen molar-refractivity contribution >= 4 is 16.9 Å². The standard InChI is InChI=1S/C13H15NO2/c1-9(13(15)16)7-10-3-4-12-11(8-10)5-6-14(12)2/h3-6,8-9H,7H2,1-2H3,(H,15,16). The highest BCUT2D eigenvalue weighted by Crippen LogP contribution is 2.18. The maximum atomic E-state index is 10.8. The van der Waals surface area contributed by atoms with E-state index >= 15 is 0 Å². The van der Waals surface area contributed by atoms with Gasteiger partial charge in [-0.3, -0.25) is 4.79 Å². The predicted molar refractivity (Wildman–Crippen MR) is 63.4 cm³/mol. The Balaban J connectivity index is 2.29. The Labute approximate surface area is 94.3 Å². The number of carbonyl (C=O) groups is 1. The lowest BCUT2D eigenvalue weighted by atomic mass is 10.0. The average molecular weight is 217 g/mol. The molecule has 0 bridgehead atoms. The van der Waals surface area contributed by atoms with Crippen molar-refractivity contribution in [1.82, 2.24) is 4.57 Å². The number of fused-ring (bicyclic) bond motifs is 1. The van der Waals surface area contributed by atoms with Gasteiger partial charge in [-0.05, 0) is 35.6 Å². The number of aliphatic carboxylic acids is 1. The number of nitrogens with zero attached hydrogens (tertiary/aromatic N) is 1. The average Bonchev–Trinajstić information content (AvgIpc) is 2.60.